The fourth-order valence-corrected chi connectivity index (χ4v) is 6.45. The van der Waals surface area contributed by atoms with Crippen LogP contribution >= 0.6 is 31.9 Å². The average molecular weight is 701 g/mol. The number of ether oxygens (including phenoxy) is 2. The summed E-state index contributed by atoms with van der Waals surface area (Å²) in [5.74, 6) is 1.67. The van der Waals surface area contributed by atoms with Gasteiger partial charge in [-0.25, -0.2) is 0 Å². The predicted octanol–water partition coefficient (Wildman–Crippen LogP) is 12.1. The van der Waals surface area contributed by atoms with Crippen LogP contribution in [0.5, 0.6) is 23.0 Å². The highest BCUT2D eigenvalue weighted by Gasteiger charge is 2.20. The summed E-state index contributed by atoms with van der Waals surface area (Å²) in [5, 5.41) is 25.9. The lowest BCUT2D eigenvalue weighted by atomic mass is 9.92. The summed E-state index contributed by atoms with van der Waals surface area (Å²) >= 11 is 7.36. The third-order valence-electron chi connectivity index (χ3n) is 7.86. The molecule has 6 heteroatoms. The van der Waals surface area contributed by atoms with E-state index in [-0.39, 0.29) is 11.5 Å². The summed E-state index contributed by atoms with van der Waals surface area (Å²) in [6.45, 7) is 5.73. The van der Waals surface area contributed by atoms with Crippen molar-refractivity contribution in [2.24, 2.45) is 0 Å². The van der Waals surface area contributed by atoms with Crippen molar-refractivity contribution in [1.29, 1.82) is 0 Å². The summed E-state index contributed by atoms with van der Waals surface area (Å²) in [6, 6.07) is 15.1. The van der Waals surface area contributed by atoms with E-state index in [2.05, 4.69) is 45.7 Å². The number of halogens is 2. The van der Waals surface area contributed by atoms with E-state index in [0.717, 1.165) is 67.7 Å². The third kappa shape index (κ3) is 8.35. The number of rotatable bonds is 17. The molecule has 0 radical (unpaired) electrons. The minimum absolute atomic E-state index is 0.104. The van der Waals surface area contributed by atoms with E-state index in [1.165, 1.54) is 51.4 Å². The van der Waals surface area contributed by atoms with Gasteiger partial charge < -0.3 is 19.7 Å². The summed E-state index contributed by atoms with van der Waals surface area (Å²) in [4.78, 5) is 0. The molecular formula is C36H44Br2O4. The molecule has 226 valence electrons. The van der Waals surface area contributed by atoms with Gasteiger partial charge in [-0.2, -0.15) is 0 Å². The molecule has 0 aliphatic rings. The van der Waals surface area contributed by atoms with E-state index < -0.39 is 0 Å². The van der Waals surface area contributed by atoms with Crippen molar-refractivity contribution < 1.29 is 19.7 Å². The number of aromatic hydroxyl groups is 2. The summed E-state index contributed by atoms with van der Waals surface area (Å²) in [6.07, 6.45) is 14.4. The lowest BCUT2D eigenvalue weighted by Crippen LogP contribution is -1.99. The van der Waals surface area contributed by atoms with Crippen LogP contribution in [0.25, 0.3) is 32.7 Å². The van der Waals surface area contributed by atoms with E-state index in [0.29, 0.717) is 24.3 Å². The lowest BCUT2D eigenvalue weighted by Gasteiger charge is -2.17. The zero-order chi connectivity index (χ0) is 29.9. The monoisotopic (exact) mass is 698 g/mol. The molecule has 0 saturated heterocycles. The van der Waals surface area contributed by atoms with Crippen LogP contribution in [0.15, 0.2) is 57.5 Å². The molecule has 0 aliphatic carbocycles. The number of unbranched alkanes of at least 4 members (excludes halogenated alkanes) is 10. The summed E-state index contributed by atoms with van der Waals surface area (Å²) in [7, 11) is 0. The third-order valence-corrected chi connectivity index (χ3v) is 9.10. The Morgan fingerprint density at radius 1 is 0.524 bits per heavy atom. The van der Waals surface area contributed by atoms with Crippen LogP contribution in [0.3, 0.4) is 0 Å². The molecule has 0 saturated carbocycles. The second kappa shape index (κ2) is 16.4. The Bertz CT molecular complexity index is 1360. The summed E-state index contributed by atoms with van der Waals surface area (Å²) < 4.78 is 14.1. The molecule has 4 aromatic carbocycles. The van der Waals surface area contributed by atoms with E-state index in [1.807, 2.05) is 36.4 Å². The van der Waals surface area contributed by atoms with Gasteiger partial charge in [-0.3, -0.25) is 0 Å². The largest absolute Gasteiger partial charge is 0.507 e. The Kier molecular flexibility index (Phi) is 12.7. The van der Waals surface area contributed by atoms with Crippen LogP contribution in [0.2, 0.25) is 0 Å². The first kappa shape index (κ1) is 32.5. The van der Waals surface area contributed by atoms with Crippen LogP contribution in [0, 0.1) is 0 Å². The van der Waals surface area contributed by atoms with Crippen LogP contribution in [0.4, 0.5) is 0 Å². The van der Waals surface area contributed by atoms with Gasteiger partial charge in [0.2, 0.25) is 0 Å². The highest BCUT2D eigenvalue weighted by molar-refractivity contribution is 9.11. The van der Waals surface area contributed by atoms with Crippen molar-refractivity contribution in [2.75, 3.05) is 13.2 Å². The van der Waals surface area contributed by atoms with E-state index in [1.54, 1.807) is 12.1 Å². The smallest absolute Gasteiger partial charge is 0.134 e. The van der Waals surface area contributed by atoms with Crippen molar-refractivity contribution in [2.45, 2.75) is 90.9 Å². The highest BCUT2D eigenvalue weighted by Crippen LogP contribution is 2.47. The molecule has 0 atom stereocenters. The minimum Gasteiger partial charge on any atom is -0.507 e. The molecule has 42 heavy (non-hydrogen) atoms. The van der Waals surface area contributed by atoms with Crippen LogP contribution in [-0.2, 0) is 0 Å². The Morgan fingerprint density at radius 3 is 1.31 bits per heavy atom. The minimum atomic E-state index is 0.104. The number of hydrogen-bond donors (Lipinski definition) is 2. The number of phenolic OH excluding ortho intramolecular Hbond substituents is 2. The normalized spacial score (nSPS) is 11.4. The van der Waals surface area contributed by atoms with Gasteiger partial charge in [0, 0.05) is 11.1 Å². The zero-order valence-corrected chi connectivity index (χ0v) is 28.2. The van der Waals surface area contributed by atoms with Crippen molar-refractivity contribution in [3.8, 4) is 34.1 Å². The van der Waals surface area contributed by atoms with Gasteiger partial charge in [0.1, 0.15) is 23.0 Å². The van der Waals surface area contributed by atoms with Gasteiger partial charge in [0.25, 0.3) is 0 Å². The van der Waals surface area contributed by atoms with Gasteiger partial charge in [0.05, 0.1) is 22.2 Å². The summed E-state index contributed by atoms with van der Waals surface area (Å²) in [5.41, 5.74) is 1.16. The van der Waals surface area contributed by atoms with Gasteiger partial charge in [-0.05, 0) is 103 Å². The molecule has 4 rings (SSSR count). The Hall–Kier alpha value is -2.44. The zero-order valence-electron chi connectivity index (χ0n) is 25.0. The van der Waals surface area contributed by atoms with Crippen molar-refractivity contribution in [1.82, 2.24) is 0 Å². The van der Waals surface area contributed by atoms with Crippen LogP contribution < -0.4 is 9.47 Å². The number of phenols is 2. The first-order valence-corrected chi connectivity index (χ1v) is 17.2. The Morgan fingerprint density at radius 2 is 0.905 bits per heavy atom. The average Bonchev–Trinajstić information content (AvgIpc) is 2.97. The SMILES string of the molecule is CCCCCCCCOc1cc2c(-c3c(O)ccc4cc(Br)c(OCCCCCCCC)cc34)c(O)ccc2cc1Br. The van der Waals surface area contributed by atoms with E-state index in [4.69, 9.17) is 9.47 Å². The highest BCUT2D eigenvalue weighted by atomic mass is 79.9. The second-order valence-corrected chi connectivity index (χ2v) is 12.9. The fraction of sp³-hybridized carbons (Fsp3) is 0.444. The van der Waals surface area contributed by atoms with Crippen molar-refractivity contribution in [3.63, 3.8) is 0 Å². The van der Waals surface area contributed by atoms with Crippen LogP contribution in [0.1, 0.15) is 90.9 Å². The number of fused-ring (bicyclic) bond motifs is 2. The molecule has 2 N–H and O–H groups in total. The van der Waals surface area contributed by atoms with Crippen molar-refractivity contribution in [3.05, 3.63) is 57.5 Å². The van der Waals surface area contributed by atoms with Gasteiger partial charge in [-0.15, -0.1) is 0 Å². The maximum atomic E-state index is 11.2. The molecular weight excluding hydrogens is 656 g/mol. The predicted molar refractivity (Wildman–Crippen MR) is 183 cm³/mol. The topological polar surface area (TPSA) is 58.9 Å². The molecule has 0 bridgehead atoms. The molecule has 4 nitrogen and oxygen atoms in total. The molecule has 0 unspecified atom stereocenters. The van der Waals surface area contributed by atoms with E-state index in [9.17, 15) is 10.2 Å². The second-order valence-electron chi connectivity index (χ2n) is 11.2. The molecule has 0 aliphatic heterocycles. The first-order valence-electron chi connectivity index (χ1n) is 15.6. The Labute approximate surface area is 267 Å². The molecule has 0 spiro atoms. The maximum absolute atomic E-state index is 11.2. The quantitative estimate of drug-likeness (QED) is 0.108. The number of hydrogen-bond acceptors (Lipinski definition) is 4. The number of benzene rings is 4. The van der Waals surface area contributed by atoms with Gasteiger partial charge >= 0.3 is 0 Å². The first-order chi connectivity index (χ1) is 20.4. The Balaban J connectivity index is 1.64. The van der Waals surface area contributed by atoms with Crippen LogP contribution in [-0.4, -0.2) is 23.4 Å². The lowest BCUT2D eigenvalue weighted by molar-refractivity contribution is 0.303. The standard InChI is InChI=1S/C36H44Br2O4/c1-3-5-7-9-11-13-19-41-33-23-27-25(21-29(33)37)15-17-31(39)35(27)36-28-24-34(42-20-14-12-10-8-6-4-2)30(38)22-26(28)16-18-32(36)40/h15-18,21-24,39-40H,3-14,19-20H2,1-2H3. The van der Waals surface area contributed by atoms with Crippen molar-refractivity contribution >= 4 is 53.4 Å². The van der Waals surface area contributed by atoms with Gasteiger partial charge in [-0.1, -0.05) is 90.2 Å². The molecule has 0 heterocycles. The molecule has 0 fully saturated rings. The maximum Gasteiger partial charge on any atom is 0.134 e. The van der Waals surface area contributed by atoms with Gasteiger partial charge in [0.15, 0.2) is 0 Å². The molecule has 0 amide bonds. The molecule has 0 aromatic heterocycles. The molecule has 4 aromatic rings. The fourth-order valence-electron chi connectivity index (χ4n) is 5.50. The van der Waals surface area contributed by atoms with E-state index >= 15 is 0 Å².